The first-order valence-corrected chi connectivity index (χ1v) is 21.3. The summed E-state index contributed by atoms with van der Waals surface area (Å²) in [6.45, 7) is 4.73. The molecule has 286 valence electrons. The fourth-order valence-corrected chi connectivity index (χ4v) is 10.8. The van der Waals surface area contributed by atoms with E-state index in [0.29, 0.717) is 0 Å². The van der Waals surface area contributed by atoms with Crippen molar-refractivity contribution in [1.82, 2.24) is 0 Å². The summed E-state index contributed by atoms with van der Waals surface area (Å²) in [6, 6.07) is 73.7. The lowest BCUT2D eigenvalue weighted by molar-refractivity contribution is 0.660. The minimum absolute atomic E-state index is 0.163. The molecule has 0 unspecified atom stereocenters. The van der Waals surface area contributed by atoms with Crippen molar-refractivity contribution in [2.75, 3.05) is 4.90 Å². The number of nitrogens with zero attached hydrogens (tertiary/aromatic N) is 1. The van der Waals surface area contributed by atoms with Gasteiger partial charge in [0.2, 0.25) is 0 Å². The molecule has 0 fully saturated rings. The van der Waals surface area contributed by atoms with Crippen molar-refractivity contribution in [3.05, 3.63) is 211 Å². The molecule has 0 bridgehead atoms. The van der Waals surface area contributed by atoms with Crippen molar-refractivity contribution < 1.29 is 4.42 Å². The molecule has 1 aliphatic carbocycles. The van der Waals surface area contributed by atoms with E-state index in [0.717, 1.165) is 44.6 Å². The summed E-state index contributed by atoms with van der Waals surface area (Å²) in [5.41, 5.74) is 12.5. The standard InChI is InChI=1S/C59H39NO/c1-59(2)51-27-14-13-25-46(51)47-31-30-39(35-52(47)59)60(54-34-38-18-4-7-20-41(38)44-23-11-12-26-48(44)54)53-28-15-29-55-57(53)50-33-37-17-5-8-21-42(37)56(58(50)61-55)49-32-36-16-3-6-19-40(36)43-22-9-10-24-45(43)49/h3-35H,1-2H3. The quantitative estimate of drug-likeness (QED) is 0.166. The zero-order chi connectivity index (χ0) is 40.4. The van der Waals surface area contributed by atoms with E-state index in [1.165, 1.54) is 81.7 Å². The number of hydrogen-bond acceptors (Lipinski definition) is 2. The Labute approximate surface area is 353 Å². The van der Waals surface area contributed by atoms with Crippen LogP contribution < -0.4 is 4.90 Å². The average molecular weight is 778 g/mol. The third-order valence-electron chi connectivity index (χ3n) is 13.6. The highest BCUT2D eigenvalue weighted by molar-refractivity contribution is 6.26. The summed E-state index contributed by atoms with van der Waals surface area (Å²) in [5.74, 6) is 0. The molecule has 1 heterocycles. The highest BCUT2D eigenvalue weighted by Crippen LogP contribution is 2.53. The van der Waals surface area contributed by atoms with Gasteiger partial charge in [0.25, 0.3) is 0 Å². The number of fused-ring (bicyclic) bond motifs is 13. The molecule has 0 spiro atoms. The van der Waals surface area contributed by atoms with E-state index in [4.69, 9.17) is 4.42 Å². The van der Waals surface area contributed by atoms with Gasteiger partial charge in [0.15, 0.2) is 0 Å². The van der Waals surface area contributed by atoms with E-state index in [1.807, 2.05) is 0 Å². The largest absolute Gasteiger partial charge is 0.455 e. The van der Waals surface area contributed by atoms with Gasteiger partial charge in [-0.2, -0.15) is 0 Å². The molecule has 2 nitrogen and oxygen atoms in total. The van der Waals surface area contributed by atoms with Crippen LogP contribution in [0.15, 0.2) is 205 Å². The lowest BCUT2D eigenvalue weighted by Crippen LogP contribution is -2.16. The first-order chi connectivity index (χ1) is 30.0. The van der Waals surface area contributed by atoms with E-state index >= 15 is 0 Å². The molecule has 13 rings (SSSR count). The fraction of sp³-hybridized carbons (Fsp3) is 0.0508. The molecule has 0 radical (unpaired) electrons. The fourth-order valence-electron chi connectivity index (χ4n) is 10.8. The topological polar surface area (TPSA) is 16.4 Å². The minimum Gasteiger partial charge on any atom is -0.455 e. The second-order valence-corrected chi connectivity index (χ2v) is 17.2. The monoisotopic (exact) mass is 777 g/mol. The van der Waals surface area contributed by atoms with E-state index in [1.54, 1.807) is 0 Å². The average Bonchev–Trinajstić information content (AvgIpc) is 3.79. The van der Waals surface area contributed by atoms with Crippen LogP contribution in [0, 0.1) is 0 Å². The van der Waals surface area contributed by atoms with Gasteiger partial charge in [0, 0.05) is 27.4 Å². The molecule has 61 heavy (non-hydrogen) atoms. The van der Waals surface area contributed by atoms with Crippen LogP contribution >= 0.6 is 0 Å². The second kappa shape index (κ2) is 12.7. The summed E-state index contributed by atoms with van der Waals surface area (Å²) in [6.07, 6.45) is 0. The Morgan fingerprint density at radius 3 is 1.70 bits per heavy atom. The smallest absolute Gasteiger partial charge is 0.143 e. The highest BCUT2D eigenvalue weighted by atomic mass is 16.3. The maximum Gasteiger partial charge on any atom is 0.143 e. The third kappa shape index (κ3) is 4.85. The van der Waals surface area contributed by atoms with E-state index < -0.39 is 0 Å². The predicted octanol–water partition coefficient (Wildman–Crippen LogP) is 16.8. The Balaban J connectivity index is 1.16. The Hall–Kier alpha value is -7.68. The molecular weight excluding hydrogens is 739 g/mol. The van der Waals surface area contributed by atoms with Crippen LogP contribution in [0.4, 0.5) is 17.1 Å². The van der Waals surface area contributed by atoms with Crippen molar-refractivity contribution in [1.29, 1.82) is 0 Å². The summed E-state index contributed by atoms with van der Waals surface area (Å²) in [7, 11) is 0. The van der Waals surface area contributed by atoms with Crippen molar-refractivity contribution in [2.45, 2.75) is 19.3 Å². The zero-order valence-electron chi connectivity index (χ0n) is 33.9. The zero-order valence-corrected chi connectivity index (χ0v) is 33.9. The number of rotatable bonds is 4. The lowest BCUT2D eigenvalue weighted by atomic mass is 9.82. The molecule has 0 atom stereocenters. The van der Waals surface area contributed by atoms with E-state index in [2.05, 4.69) is 219 Å². The normalized spacial score (nSPS) is 13.2. The summed E-state index contributed by atoms with van der Waals surface area (Å²) in [5, 5.41) is 14.3. The van der Waals surface area contributed by atoms with Gasteiger partial charge in [-0.15, -0.1) is 0 Å². The van der Waals surface area contributed by atoms with Gasteiger partial charge in [-0.25, -0.2) is 0 Å². The van der Waals surface area contributed by atoms with E-state index in [-0.39, 0.29) is 5.41 Å². The van der Waals surface area contributed by atoms with Gasteiger partial charge in [-0.05, 0) is 119 Å². The number of anilines is 3. The Morgan fingerprint density at radius 2 is 0.951 bits per heavy atom. The van der Waals surface area contributed by atoms with Gasteiger partial charge in [-0.1, -0.05) is 172 Å². The van der Waals surface area contributed by atoms with Gasteiger partial charge < -0.3 is 9.32 Å². The van der Waals surface area contributed by atoms with Crippen LogP contribution in [0.3, 0.4) is 0 Å². The van der Waals surface area contributed by atoms with Gasteiger partial charge in [0.05, 0.1) is 16.8 Å². The van der Waals surface area contributed by atoms with Gasteiger partial charge in [0.1, 0.15) is 11.2 Å². The van der Waals surface area contributed by atoms with Crippen molar-refractivity contribution >= 4 is 92.9 Å². The Kier molecular flexibility index (Phi) is 7.10. The molecule has 11 aromatic carbocycles. The molecular formula is C59H39NO. The maximum atomic E-state index is 7.25. The second-order valence-electron chi connectivity index (χ2n) is 17.2. The van der Waals surface area contributed by atoms with Gasteiger partial charge in [-0.3, -0.25) is 0 Å². The van der Waals surface area contributed by atoms with E-state index in [9.17, 15) is 0 Å². The SMILES string of the molecule is CC1(C)c2ccccc2-c2ccc(N(c3cc4ccccc4c4ccccc34)c3cccc4oc5c(-c6cc7ccccc7c7ccccc67)c6ccccc6cc5c34)cc21. The summed E-state index contributed by atoms with van der Waals surface area (Å²) in [4.78, 5) is 2.51. The van der Waals surface area contributed by atoms with Crippen molar-refractivity contribution in [3.63, 3.8) is 0 Å². The number of benzene rings is 11. The highest BCUT2D eigenvalue weighted by Gasteiger charge is 2.36. The molecule has 1 aliphatic rings. The number of furan rings is 1. The van der Waals surface area contributed by atoms with Crippen LogP contribution in [0.5, 0.6) is 0 Å². The summed E-state index contributed by atoms with van der Waals surface area (Å²) >= 11 is 0. The maximum absolute atomic E-state index is 7.25. The first-order valence-electron chi connectivity index (χ1n) is 21.3. The lowest BCUT2D eigenvalue weighted by Gasteiger charge is -2.30. The molecule has 0 amide bonds. The Bertz CT molecular complexity index is 3810. The molecule has 0 saturated carbocycles. The molecule has 12 aromatic rings. The van der Waals surface area contributed by atoms with Crippen LogP contribution in [0.25, 0.3) is 98.1 Å². The number of hydrogen-bond donors (Lipinski definition) is 0. The molecule has 0 saturated heterocycles. The molecule has 2 heteroatoms. The molecule has 0 N–H and O–H groups in total. The summed E-state index contributed by atoms with van der Waals surface area (Å²) < 4.78 is 7.25. The van der Waals surface area contributed by atoms with Crippen LogP contribution in [0.1, 0.15) is 25.0 Å². The van der Waals surface area contributed by atoms with Crippen LogP contribution in [-0.4, -0.2) is 0 Å². The van der Waals surface area contributed by atoms with Crippen LogP contribution in [0.2, 0.25) is 0 Å². The predicted molar refractivity (Wildman–Crippen MR) is 259 cm³/mol. The minimum atomic E-state index is -0.163. The molecule has 0 aliphatic heterocycles. The third-order valence-corrected chi connectivity index (χ3v) is 13.6. The van der Waals surface area contributed by atoms with Crippen molar-refractivity contribution in [3.8, 4) is 22.3 Å². The van der Waals surface area contributed by atoms with Gasteiger partial charge >= 0.3 is 0 Å². The Morgan fingerprint density at radius 1 is 0.377 bits per heavy atom. The van der Waals surface area contributed by atoms with Crippen LogP contribution in [-0.2, 0) is 5.41 Å². The first kappa shape index (κ1) is 34.2. The van der Waals surface area contributed by atoms with Crippen molar-refractivity contribution in [2.24, 2.45) is 0 Å². The molecule has 1 aromatic heterocycles.